The molecule has 0 amide bonds. The monoisotopic (exact) mass is 599 g/mol. The first-order chi connectivity index (χ1) is 19.1. The molecule has 9 nitrogen and oxygen atoms in total. The van der Waals surface area contributed by atoms with Crippen LogP contribution in [0.2, 0.25) is 0 Å². The molecule has 3 aliphatic rings. The first-order valence-electron chi connectivity index (χ1n) is 16.4. The number of ether oxygens (including phenoxy) is 3. The summed E-state index contributed by atoms with van der Waals surface area (Å²) in [5, 5.41) is 28.1. The van der Waals surface area contributed by atoms with Gasteiger partial charge in [0.15, 0.2) is 0 Å². The summed E-state index contributed by atoms with van der Waals surface area (Å²) in [6, 6.07) is 0. The molecule has 0 saturated carbocycles. The van der Waals surface area contributed by atoms with Gasteiger partial charge in [-0.3, -0.25) is 4.90 Å². The molecule has 3 rings (SSSR count). The van der Waals surface area contributed by atoms with E-state index in [1.807, 2.05) is 0 Å². The van der Waals surface area contributed by atoms with Gasteiger partial charge < -0.3 is 29.9 Å². The summed E-state index contributed by atoms with van der Waals surface area (Å²) in [5.74, 6) is 1.04. The molecule has 42 heavy (non-hydrogen) atoms. The molecule has 3 unspecified atom stereocenters. The third-order valence-corrected chi connectivity index (χ3v) is 10.8. The minimum absolute atomic E-state index is 0.0737. The molecule has 0 aromatic carbocycles. The van der Waals surface area contributed by atoms with Crippen LogP contribution in [-0.2, 0) is 14.2 Å². The fourth-order valence-electron chi connectivity index (χ4n) is 8.07. The van der Waals surface area contributed by atoms with Crippen LogP contribution >= 0.6 is 0 Å². The Balaban J connectivity index is 1.47. The molecule has 3 saturated heterocycles. The SMILES string of the molecule is CC1(C)CC(COCCN(CCOCC2CC(C)(C)N(O)C2(C)C)CCOCC2CC(C)(C)N(O)C2(C)C)C(C)(C)N1. The third kappa shape index (κ3) is 8.46. The van der Waals surface area contributed by atoms with Gasteiger partial charge in [0, 0.05) is 70.6 Å². The van der Waals surface area contributed by atoms with Gasteiger partial charge in [-0.1, -0.05) is 0 Å². The Kier molecular flexibility index (Phi) is 11.3. The van der Waals surface area contributed by atoms with Gasteiger partial charge in [0.2, 0.25) is 0 Å². The molecular formula is C33H66N4O5. The van der Waals surface area contributed by atoms with Crippen LogP contribution in [0, 0.1) is 17.8 Å². The second kappa shape index (κ2) is 13.2. The van der Waals surface area contributed by atoms with E-state index in [9.17, 15) is 10.4 Å². The van der Waals surface area contributed by atoms with Gasteiger partial charge >= 0.3 is 0 Å². The molecule has 3 N–H and O–H groups in total. The lowest BCUT2D eigenvalue weighted by Crippen LogP contribution is -2.48. The number of nitrogens with zero attached hydrogens (tertiary/aromatic N) is 3. The topological polar surface area (TPSA) is 89.9 Å². The first-order valence-corrected chi connectivity index (χ1v) is 16.4. The summed E-state index contributed by atoms with van der Waals surface area (Å²) in [6.07, 6.45) is 2.93. The minimum atomic E-state index is -0.310. The summed E-state index contributed by atoms with van der Waals surface area (Å²) in [7, 11) is 0. The quantitative estimate of drug-likeness (QED) is 0.224. The van der Waals surface area contributed by atoms with Gasteiger partial charge in [0.1, 0.15) is 0 Å². The molecule has 0 bridgehead atoms. The highest BCUT2D eigenvalue weighted by atomic mass is 16.5. The second-order valence-corrected chi connectivity index (χ2v) is 17.1. The average Bonchev–Trinajstić information content (AvgIpc) is 3.24. The standard InChI is InChI=1S/C33H66N4O5/c1-28(2)19-25(31(7,8)34-28)22-40-16-13-35(14-17-41-23-26-20-29(3,4)36(38)32(26,9)10)15-18-42-24-27-21-30(5,6)37(39)33(27,11)12/h25-27,34,38-39H,13-24H2,1-12H3. The van der Waals surface area contributed by atoms with Crippen LogP contribution in [0.4, 0.5) is 0 Å². The number of hydroxylamine groups is 4. The fraction of sp³-hybridized carbons (Fsp3) is 1.00. The lowest BCUT2D eigenvalue weighted by Gasteiger charge is -2.36. The first kappa shape index (κ1) is 36.1. The van der Waals surface area contributed by atoms with Crippen molar-refractivity contribution in [2.24, 2.45) is 17.8 Å². The van der Waals surface area contributed by atoms with Crippen molar-refractivity contribution in [3.8, 4) is 0 Å². The minimum Gasteiger partial charge on any atom is -0.380 e. The van der Waals surface area contributed by atoms with Crippen molar-refractivity contribution in [3.05, 3.63) is 0 Å². The molecule has 3 heterocycles. The Morgan fingerprint density at radius 3 is 1.24 bits per heavy atom. The molecule has 0 spiro atoms. The molecule has 0 radical (unpaired) electrons. The van der Waals surface area contributed by atoms with Crippen LogP contribution in [0.15, 0.2) is 0 Å². The van der Waals surface area contributed by atoms with Gasteiger partial charge in [-0.2, -0.15) is 10.1 Å². The Bertz CT molecular complexity index is 827. The zero-order chi connectivity index (χ0) is 31.8. The molecule has 9 heteroatoms. The van der Waals surface area contributed by atoms with Crippen LogP contribution < -0.4 is 5.32 Å². The predicted molar refractivity (Wildman–Crippen MR) is 168 cm³/mol. The van der Waals surface area contributed by atoms with Gasteiger partial charge in [0.25, 0.3) is 0 Å². The van der Waals surface area contributed by atoms with Crippen LogP contribution in [0.3, 0.4) is 0 Å². The van der Waals surface area contributed by atoms with E-state index in [1.54, 1.807) is 0 Å². The fourth-order valence-corrected chi connectivity index (χ4v) is 8.07. The van der Waals surface area contributed by atoms with E-state index in [0.29, 0.717) is 39.0 Å². The Hall–Kier alpha value is -0.360. The van der Waals surface area contributed by atoms with Gasteiger partial charge in [0.05, 0.1) is 39.6 Å². The van der Waals surface area contributed by atoms with Crippen molar-refractivity contribution in [2.75, 3.05) is 59.3 Å². The molecule has 3 aliphatic heterocycles. The van der Waals surface area contributed by atoms with Crippen LogP contribution in [-0.4, -0.2) is 118 Å². The average molecular weight is 599 g/mol. The molecular weight excluding hydrogens is 532 g/mol. The zero-order valence-electron chi connectivity index (χ0n) is 29.2. The highest BCUT2D eigenvalue weighted by Gasteiger charge is 2.52. The number of rotatable bonds is 15. The van der Waals surface area contributed by atoms with Crippen LogP contribution in [0.1, 0.15) is 102 Å². The molecule has 3 fully saturated rings. The highest BCUT2D eigenvalue weighted by Crippen LogP contribution is 2.44. The van der Waals surface area contributed by atoms with Crippen LogP contribution in [0.25, 0.3) is 0 Å². The summed E-state index contributed by atoms with van der Waals surface area (Å²) in [6.45, 7) is 32.3. The third-order valence-electron chi connectivity index (χ3n) is 10.8. The number of hydrogen-bond donors (Lipinski definition) is 3. The lowest BCUT2D eigenvalue weighted by atomic mass is 9.88. The number of nitrogens with one attached hydrogen (secondary N) is 1. The van der Waals surface area contributed by atoms with Crippen molar-refractivity contribution in [3.63, 3.8) is 0 Å². The van der Waals surface area contributed by atoms with Crippen molar-refractivity contribution in [1.82, 2.24) is 20.3 Å². The number of hydrogen-bond acceptors (Lipinski definition) is 9. The van der Waals surface area contributed by atoms with E-state index < -0.39 is 0 Å². The summed E-state index contributed by atoms with van der Waals surface area (Å²) in [4.78, 5) is 2.38. The highest BCUT2D eigenvalue weighted by molar-refractivity contribution is 5.04. The van der Waals surface area contributed by atoms with Gasteiger partial charge in [-0.15, -0.1) is 0 Å². The van der Waals surface area contributed by atoms with Crippen molar-refractivity contribution < 1.29 is 24.6 Å². The van der Waals surface area contributed by atoms with E-state index >= 15 is 0 Å². The van der Waals surface area contributed by atoms with Gasteiger partial charge in [-0.25, -0.2) is 0 Å². The normalized spacial score (nSPS) is 31.4. The Labute approximate surface area is 257 Å². The van der Waals surface area contributed by atoms with E-state index in [1.165, 1.54) is 10.1 Å². The van der Waals surface area contributed by atoms with Crippen molar-refractivity contribution in [1.29, 1.82) is 0 Å². The van der Waals surface area contributed by atoms with E-state index in [0.717, 1.165) is 45.5 Å². The maximum atomic E-state index is 10.7. The van der Waals surface area contributed by atoms with Crippen LogP contribution in [0.5, 0.6) is 0 Å². The van der Waals surface area contributed by atoms with Gasteiger partial charge in [-0.05, 0) is 102 Å². The second-order valence-electron chi connectivity index (χ2n) is 17.1. The maximum Gasteiger partial charge on any atom is 0.0593 e. The van der Waals surface area contributed by atoms with E-state index in [4.69, 9.17) is 14.2 Å². The van der Waals surface area contributed by atoms with E-state index in [-0.39, 0.29) is 45.1 Å². The summed E-state index contributed by atoms with van der Waals surface area (Å²) < 4.78 is 18.7. The van der Waals surface area contributed by atoms with Crippen molar-refractivity contribution >= 4 is 0 Å². The lowest BCUT2D eigenvalue weighted by molar-refractivity contribution is -0.198. The zero-order valence-corrected chi connectivity index (χ0v) is 29.2. The largest absolute Gasteiger partial charge is 0.380 e. The van der Waals surface area contributed by atoms with Crippen molar-refractivity contribution in [2.45, 2.75) is 136 Å². The Morgan fingerprint density at radius 1 is 0.595 bits per heavy atom. The molecule has 248 valence electrons. The van der Waals surface area contributed by atoms with E-state index in [2.05, 4.69) is 93.3 Å². The smallest absolute Gasteiger partial charge is 0.0593 e. The molecule has 0 aromatic rings. The summed E-state index contributed by atoms with van der Waals surface area (Å²) >= 11 is 0. The molecule has 0 aromatic heterocycles. The summed E-state index contributed by atoms with van der Waals surface area (Å²) in [5.41, 5.74) is -0.890. The molecule has 0 aliphatic carbocycles. The molecule has 3 atom stereocenters. The predicted octanol–water partition coefficient (Wildman–Crippen LogP) is 5.04. The Morgan fingerprint density at radius 2 is 0.952 bits per heavy atom. The maximum absolute atomic E-state index is 10.7.